The summed E-state index contributed by atoms with van der Waals surface area (Å²) in [5, 5.41) is 11.2. The highest BCUT2D eigenvalue weighted by atomic mass is 32.1. The van der Waals surface area contributed by atoms with Crippen LogP contribution in [0.15, 0.2) is 49.1 Å². The quantitative estimate of drug-likeness (QED) is 0.663. The Morgan fingerprint density at radius 3 is 2.84 bits per heavy atom. The molecule has 0 radical (unpaired) electrons. The summed E-state index contributed by atoms with van der Waals surface area (Å²) in [5.74, 6) is 0.838. The van der Waals surface area contributed by atoms with Gasteiger partial charge in [-0.25, -0.2) is 4.68 Å². The number of anilines is 1. The minimum atomic E-state index is 0.553. The van der Waals surface area contributed by atoms with E-state index in [-0.39, 0.29) is 0 Å². The largest absolute Gasteiger partial charge is 0.359 e. The van der Waals surface area contributed by atoms with Crippen LogP contribution in [-0.2, 0) is 0 Å². The van der Waals surface area contributed by atoms with Crippen LogP contribution in [0.25, 0.3) is 5.69 Å². The maximum Gasteiger partial charge on any atom is 0.172 e. The zero-order valence-corrected chi connectivity index (χ0v) is 11.6. The molecule has 98 valence electrons. The van der Waals surface area contributed by atoms with E-state index in [4.69, 9.17) is 12.2 Å². The van der Waals surface area contributed by atoms with Crippen LogP contribution in [0.2, 0.25) is 0 Å². The van der Waals surface area contributed by atoms with Crippen LogP contribution >= 0.6 is 12.2 Å². The van der Waals surface area contributed by atoms with Gasteiger partial charge in [0.05, 0.1) is 11.4 Å². The Kier molecular flexibility index (Phi) is 4.30. The molecule has 0 unspecified atom stereocenters. The average molecular weight is 272 g/mol. The predicted molar refractivity (Wildman–Crippen MR) is 82.7 cm³/mol. The zero-order chi connectivity index (χ0) is 13.7. The van der Waals surface area contributed by atoms with Gasteiger partial charge in [-0.2, -0.15) is 5.10 Å². The first-order valence-electron chi connectivity index (χ1n) is 5.98. The van der Waals surface area contributed by atoms with Gasteiger partial charge in [-0.15, -0.1) is 6.58 Å². The molecule has 2 rings (SSSR count). The van der Waals surface area contributed by atoms with Gasteiger partial charge in [0.15, 0.2) is 5.11 Å². The SMILES string of the molecule is C=CCNC(=S)Nc1cc(C)nn1-c1ccccc1. The van der Waals surface area contributed by atoms with Crippen LogP contribution in [0, 0.1) is 6.92 Å². The summed E-state index contributed by atoms with van der Waals surface area (Å²) in [6, 6.07) is 11.9. The summed E-state index contributed by atoms with van der Waals surface area (Å²) in [4.78, 5) is 0. The number of nitrogens with zero attached hydrogens (tertiary/aromatic N) is 2. The van der Waals surface area contributed by atoms with Crippen LogP contribution in [-0.4, -0.2) is 21.4 Å². The number of nitrogens with one attached hydrogen (secondary N) is 2. The standard InChI is InChI=1S/C14H16N4S/c1-3-9-15-14(19)16-13-10-11(2)17-18(13)12-7-5-4-6-8-12/h3-8,10H,1,9H2,2H3,(H2,15,16,19). The molecule has 0 bridgehead atoms. The van der Waals surface area contributed by atoms with E-state index in [1.54, 1.807) is 6.08 Å². The summed E-state index contributed by atoms with van der Waals surface area (Å²) in [7, 11) is 0. The predicted octanol–water partition coefficient (Wildman–Crippen LogP) is 2.65. The molecule has 0 saturated carbocycles. The minimum Gasteiger partial charge on any atom is -0.359 e. The molecule has 19 heavy (non-hydrogen) atoms. The topological polar surface area (TPSA) is 41.9 Å². The maximum absolute atomic E-state index is 5.21. The molecule has 0 atom stereocenters. The Morgan fingerprint density at radius 1 is 1.42 bits per heavy atom. The number of hydrogen-bond donors (Lipinski definition) is 2. The molecule has 0 aliphatic rings. The summed E-state index contributed by atoms with van der Waals surface area (Å²) in [6.45, 7) is 6.22. The van der Waals surface area contributed by atoms with Crippen LogP contribution in [0.3, 0.4) is 0 Å². The zero-order valence-electron chi connectivity index (χ0n) is 10.8. The van der Waals surface area contributed by atoms with Gasteiger partial charge in [0.1, 0.15) is 5.82 Å². The van der Waals surface area contributed by atoms with Crippen LogP contribution in [0.1, 0.15) is 5.69 Å². The summed E-state index contributed by atoms with van der Waals surface area (Å²) >= 11 is 5.21. The van der Waals surface area contributed by atoms with Gasteiger partial charge >= 0.3 is 0 Å². The first kappa shape index (κ1) is 13.3. The second-order valence-corrected chi connectivity index (χ2v) is 4.45. The second-order valence-electron chi connectivity index (χ2n) is 4.04. The fourth-order valence-corrected chi connectivity index (χ4v) is 1.87. The van der Waals surface area contributed by atoms with Crippen LogP contribution in [0.5, 0.6) is 0 Å². The lowest BCUT2D eigenvalue weighted by molar-refractivity contribution is 0.869. The average Bonchev–Trinajstić information content (AvgIpc) is 2.78. The molecule has 0 fully saturated rings. The van der Waals surface area contributed by atoms with E-state index in [0.29, 0.717) is 11.7 Å². The molecule has 1 heterocycles. The van der Waals surface area contributed by atoms with Crippen molar-refractivity contribution in [2.24, 2.45) is 0 Å². The number of rotatable bonds is 4. The highest BCUT2D eigenvalue weighted by Crippen LogP contribution is 2.16. The Bertz CT molecular complexity index is 574. The fourth-order valence-electron chi connectivity index (χ4n) is 1.68. The summed E-state index contributed by atoms with van der Waals surface area (Å²) in [5.41, 5.74) is 1.92. The van der Waals surface area contributed by atoms with Crippen molar-refractivity contribution in [1.29, 1.82) is 0 Å². The van der Waals surface area contributed by atoms with Crippen molar-refractivity contribution in [2.75, 3.05) is 11.9 Å². The van der Waals surface area contributed by atoms with E-state index in [1.807, 2.05) is 48.0 Å². The Balaban J connectivity index is 2.22. The highest BCUT2D eigenvalue weighted by Gasteiger charge is 2.08. The number of benzene rings is 1. The van der Waals surface area contributed by atoms with Gasteiger partial charge in [-0.05, 0) is 31.3 Å². The minimum absolute atomic E-state index is 0.553. The molecule has 2 aromatic rings. The second kappa shape index (κ2) is 6.15. The van der Waals surface area contributed by atoms with Crippen molar-refractivity contribution in [3.63, 3.8) is 0 Å². The lowest BCUT2D eigenvalue weighted by Crippen LogP contribution is -2.29. The van der Waals surface area contributed by atoms with E-state index in [1.165, 1.54) is 0 Å². The molecule has 0 aliphatic heterocycles. The molecule has 0 amide bonds. The lowest BCUT2D eigenvalue weighted by atomic mass is 10.3. The van der Waals surface area contributed by atoms with Crippen LogP contribution in [0.4, 0.5) is 5.82 Å². The third kappa shape index (κ3) is 3.42. The van der Waals surface area contributed by atoms with Crippen molar-refractivity contribution in [2.45, 2.75) is 6.92 Å². The van der Waals surface area contributed by atoms with Gasteiger partial charge in [0.2, 0.25) is 0 Å². The third-order valence-corrected chi connectivity index (χ3v) is 2.73. The molecule has 1 aromatic carbocycles. The lowest BCUT2D eigenvalue weighted by Gasteiger charge is -2.11. The molecule has 2 N–H and O–H groups in total. The normalized spacial score (nSPS) is 9.95. The fraction of sp³-hybridized carbons (Fsp3) is 0.143. The Hall–Kier alpha value is -2.14. The van der Waals surface area contributed by atoms with Crippen molar-refractivity contribution < 1.29 is 0 Å². The first-order valence-corrected chi connectivity index (χ1v) is 6.39. The van der Waals surface area contributed by atoms with Crippen molar-refractivity contribution in [3.05, 3.63) is 54.7 Å². The molecule has 0 spiro atoms. The van der Waals surface area contributed by atoms with E-state index >= 15 is 0 Å². The molecular weight excluding hydrogens is 256 g/mol. The van der Waals surface area contributed by atoms with Crippen molar-refractivity contribution in [3.8, 4) is 5.69 Å². The monoisotopic (exact) mass is 272 g/mol. The van der Waals surface area contributed by atoms with Gasteiger partial charge in [-0.1, -0.05) is 24.3 Å². The van der Waals surface area contributed by atoms with Gasteiger partial charge in [-0.3, -0.25) is 0 Å². The first-order chi connectivity index (χ1) is 9.20. The molecule has 1 aromatic heterocycles. The number of aromatic nitrogens is 2. The highest BCUT2D eigenvalue weighted by molar-refractivity contribution is 7.80. The van der Waals surface area contributed by atoms with E-state index in [9.17, 15) is 0 Å². The van der Waals surface area contributed by atoms with Gasteiger partial charge < -0.3 is 10.6 Å². The number of hydrogen-bond acceptors (Lipinski definition) is 2. The van der Waals surface area contributed by atoms with Crippen molar-refractivity contribution >= 4 is 23.1 Å². The molecule has 0 aliphatic carbocycles. The van der Waals surface area contributed by atoms with Crippen molar-refractivity contribution in [1.82, 2.24) is 15.1 Å². The Morgan fingerprint density at radius 2 is 2.16 bits per heavy atom. The molecular formula is C14H16N4S. The summed E-state index contributed by atoms with van der Waals surface area (Å²) in [6.07, 6.45) is 1.76. The number of thiocarbonyl (C=S) groups is 1. The molecule has 4 nitrogen and oxygen atoms in total. The summed E-state index contributed by atoms with van der Waals surface area (Å²) < 4.78 is 1.83. The number of aryl methyl sites for hydroxylation is 1. The molecule has 0 saturated heterocycles. The van der Waals surface area contributed by atoms with E-state index in [0.717, 1.165) is 17.2 Å². The Labute approximate surface area is 118 Å². The van der Waals surface area contributed by atoms with E-state index in [2.05, 4.69) is 22.3 Å². The smallest absolute Gasteiger partial charge is 0.172 e. The molecule has 5 heteroatoms. The van der Waals surface area contributed by atoms with Gasteiger partial charge in [0, 0.05) is 12.6 Å². The third-order valence-electron chi connectivity index (χ3n) is 2.48. The van der Waals surface area contributed by atoms with E-state index < -0.39 is 0 Å². The van der Waals surface area contributed by atoms with Gasteiger partial charge in [0.25, 0.3) is 0 Å². The van der Waals surface area contributed by atoms with Crippen LogP contribution < -0.4 is 10.6 Å². The maximum atomic E-state index is 5.21. The number of para-hydroxylation sites is 1.